The van der Waals surface area contributed by atoms with Gasteiger partial charge in [0.1, 0.15) is 0 Å². The average Bonchev–Trinajstić information content (AvgIpc) is 2.92. The Kier molecular flexibility index (Phi) is 8.98. The minimum absolute atomic E-state index is 0.0195. The van der Waals surface area contributed by atoms with Crippen molar-refractivity contribution in [3.8, 4) is 11.5 Å². The van der Waals surface area contributed by atoms with Gasteiger partial charge >= 0.3 is 0 Å². The maximum Gasteiger partial charge on any atom is 0.241 e. The van der Waals surface area contributed by atoms with Crippen molar-refractivity contribution in [2.75, 3.05) is 26.6 Å². The Morgan fingerprint density at radius 2 is 1.61 bits per heavy atom. The van der Waals surface area contributed by atoms with Gasteiger partial charge in [-0.15, -0.1) is 0 Å². The molecule has 0 spiro atoms. The molecule has 38 heavy (non-hydrogen) atoms. The summed E-state index contributed by atoms with van der Waals surface area (Å²) in [6.45, 7) is 5.03. The number of methoxy groups -OCH3 is 2. The summed E-state index contributed by atoms with van der Waals surface area (Å²) in [5.74, 6) is 1.77. The van der Waals surface area contributed by atoms with Crippen molar-refractivity contribution in [1.29, 1.82) is 0 Å². The Morgan fingerprint density at radius 3 is 2.26 bits per heavy atom. The normalized spacial score (nSPS) is 12.1. The van der Waals surface area contributed by atoms with Gasteiger partial charge in [0, 0.05) is 29.9 Å². The van der Waals surface area contributed by atoms with Gasteiger partial charge in [-0.3, -0.25) is 14.7 Å². The predicted molar refractivity (Wildman–Crippen MR) is 154 cm³/mol. The van der Waals surface area contributed by atoms with Crippen molar-refractivity contribution in [2.45, 2.75) is 39.3 Å². The number of hydrogen-bond acceptors (Lipinski definition) is 5. The molecule has 6 heteroatoms. The van der Waals surface area contributed by atoms with E-state index in [0.29, 0.717) is 17.4 Å². The number of hydrogen-bond donors (Lipinski definition) is 1. The number of carbonyl (C=O) groups excluding carboxylic acids is 1. The molecule has 0 aliphatic rings. The SMILES string of the molecule is COc1cc2nccc(Cc3ccc(NC(=O)C(CC(C)C)N(C)Cc4ccccc4)cc3)c2cc1OC. The molecule has 0 saturated carbocycles. The topological polar surface area (TPSA) is 63.7 Å². The molecule has 1 heterocycles. The second-order valence-electron chi connectivity index (χ2n) is 10.1. The number of rotatable bonds is 11. The number of fused-ring (bicyclic) bond motifs is 1. The van der Waals surface area contributed by atoms with Crippen LogP contribution in [-0.4, -0.2) is 43.1 Å². The summed E-state index contributed by atoms with van der Waals surface area (Å²) in [6.07, 6.45) is 3.34. The van der Waals surface area contributed by atoms with E-state index in [1.165, 1.54) is 5.56 Å². The summed E-state index contributed by atoms with van der Waals surface area (Å²) in [4.78, 5) is 20.0. The van der Waals surface area contributed by atoms with E-state index in [9.17, 15) is 4.79 Å². The van der Waals surface area contributed by atoms with E-state index in [2.05, 4.69) is 53.3 Å². The Bertz CT molecular complexity index is 1350. The largest absolute Gasteiger partial charge is 0.493 e. The molecule has 198 valence electrons. The number of amides is 1. The third-order valence-electron chi connectivity index (χ3n) is 6.76. The third-order valence-corrected chi connectivity index (χ3v) is 6.76. The highest BCUT2D eigenvalue weighted by molar-refractivity contribution is 5.94. The molecule has 0 aliphatic carbocycles. The lowest BCUT2D eigenvalue weighted by Crippen LogP contribution is -2.42. The molecule has 0 fully saturated rings. The number of nitrogens with zero attached hydrogens (tertiary/aromatic N) is 2. The molecule has 1 unspecified atom stereocenters. The molecule has 0 saturated heterocycles. The van der Waals surface area contributed by atoms with E-state index in [4.69, 9.17) is 9.47 Å². The van der Waals surface area contributed by atoms with Crippen LogP contribution in [0.15, 0.2) is 79.0 Å². The third kappa shape index (κ3) is 6.69. The smallest absolute Gasteiger partial charge is 0.241 e. The van der Waals surface area contributed by atoms with Gasteiger partial charge in [0.25, 0.3) is 0 Å². The summed E-state index contributed by atoms with van der Waals surface area (Å²) in [5, 5.41) is 4.17. The van der Waals surface area contributed by atoms with Gasteiger partial charge in [-0.1, -0.05) is 56.3 Å². The van der Waals surface area contributed by atoms with E-state index < -0.39 is 0 Å². The van der Waals surface area contributed by atoms with Crippen LogP contribution in [0.5, 0.6) is 11.5 Å². The van der Waals surface area contributed by atoms with E-state index >= 15 is 0 Å². The first-order valence-electron chi connectivity index (χ1n) is 13.0. The highest BCUT2D eigenvalue weighted by Crippen LogP contribution is 2.33. The Labute approximate surface area is 225 Å². The van der Waals surface area contributed by atoms with Gasteiger partial charge in [0.05, 0.1) is 25.8 Å². The molecule has 4 rings (SSSR count). The Hall–Kier alpha value is -3.90. The zero-order chi connectivity index (χ0) is 27.1. The molecule has 1 amide bonds. The molecule has 1 N–H and O–H groups in total. The van der Waals surface area contributed by atoms with Gasteiger partial charge in [0.2, 0.25) is 5.91 Å². The zero-order valence-corrected chi connectivity index (χ0v) is 22.9. The molecule has 1 atom stereocenters. The second kappa shape index (κ2) is 12.6. The van der Waals surface area contributed by atoms with Crippen LogP contribution in [-0.2, 0) is 17.8 Å². The fourth-order valence-corrected chi connectivity index (χ4v) is 4.75. The number of nitrogens with one attached hydrogen (secondary N) is 1. The summed E-state index contributed by atoms with van der Waals surface area (Å²) in [6, 6.07) is 24.0. The minimum atomic E-state index is -0.218. The number of aromatic nitrogens is 1. The molecule has 0 aliphatic heterocycles. The van der Waals surface area contributed by atoms with Crippen molar-refractivity contribution < 1.29 is 14.3 Å². The molecule has 1 aromatic heterocycles. The van der Waals surface area contributed by atoms with E-state index in [1.54, 1.807) is 14.2 Å². The predicted octanol–water partition coefficient (Wildman–Crippen LogP) is 6.33. The monoisotopic (exact) mass is 511 g/mol. The number of likely N-dealkylation sites (N-methyl/N-ethyl adjacent to an activating group) is 1. The summed E-state index contributed by atoms with van der Waals surface area (Å²) in [7, 11) is 5.28. The van der Waals surface area contributed by atoms with Crippen molar-refractivity contribution in [2.24, 2.45) is 5.92 Å². The number of anilines is 1. The first kappa shape index (κ1) is 27.1. The van der Waals surface area contributed by atoms with Crippen molar-refractivity contribution in [1.82, 2.24) is 9.88 Å². The summed E-state index contributed by atoms with van der Waals surface area (Å²) >= 11 is 0. The van der Waals surface area contributed by atoms with E-state index in [0.717, 1.165) is 47.1 Å². The van der Waals surface area contributed by atoms with Gasteiger partial charge in [-0.25, -0.2) is 0 Å². The van der Waals surface area contributed by atoms with E-state index in [1.807, 2.05) is 61.8 Å². The van der Waals surface area contributed by atoms with Gasteiger partial charge in [-0.2, -0.15) is 0 Å². The van der Waals surface area contributed by atoms with Crippen LogP contribution in [0.25, 0.3) is 10.9 Å². The minimum Gasteiger partial charge on any atom is -0.493 e. The molecular weight excluding hydrogens is 474 g/mol. The van der Waals surface area contributed by atoms with Crippen molar-refractivity contribution in [3.05, 3.63) is 95.7 Å². The lowest BCUT2D eigenvalue weighted by molar-refractivity contribution is -0.121. The first-order chi connectivity index (χ1) is 18.4. The zero-order valence-electron chi connectivity index (χ0n) is 22.9. The van der Waals surface area contributed by atoms with Crippen molar-refractivity contribution >= 4 is 22.5 Å². The molecule has 4 aromatic rings. The highest BCUT2D eigenvalue weighted by atomic mass is 16.5. The van der Waals surface area contributed by atoms with E-state index in [-0.39, 0.29) is 11.9 Å². The number of ether oxygens (including phenoxy) is 2. The highest BCUT2D eigenvalue weighted by Gasteiger charge is 2.24. The molecule has 3 aromatic carbocycles. The van der Waals surface area contributed by atoms with Crippen LogP contribution in [0.3, 0.4) is 0 Å². The number of benzene rings is 3. The molecule has 6 nitrogen and oxygen atoms in total. The summed E-state index contributed by atoms with van der Waals surface area (Å²) < 4.78 is 10.9. The van der Waals surface area contributed by atoms with Gasteiger partial charge in [0.15, 0.2) is 11.5 Å². The summed E-state index contributed by atoms with van der Waals surface area (Å²) in [5.41, 5.74) is 5.14. The molecule has 0 radical (unpaired) electrons. The lowest BCUT2D eigenvalue weighted by atomic mass is 10.00. The molecule has 0 bridgehead atoms. The fraction of sp³-hybridized carbons (Fsp3) is 0.312. The second-order valence-corrected chi connectivity index (χ2v) is 10.1. The van der Waals surface area contributed by atoms with Crippen LogP contribution < -0.4 is 14.8 Å². The molecular formula is C32H37N3O3. The quantitative estimate of drug-likeness (QED) is 0.255. The first-order valence-corrected chi connectivity index (χ1v) is 13.0. The Morgan fingerprint density at radius 1 is 0.921 bits per heavy atom. The Balaban J connectivity index is 1.47. The van der Waals surface area contributed by atoms with Crippen LogP contribution in [0, 0.1) is 5.92 Å². The van der Waals surface area contributed by atoms with Gasteiger partial charge in [-0.05, 0) is 66.8 Å². The fourth-order valence-electron chi connectivity index (χ4n) is 4.75. The van der Waals surface area contributed by atoms with Crippen LogP contribution >= 0.6 is 0 Å². The lowest BCUT2D eigenvalue weighted by Gasteiger charge is -2.28. The van der Waals surface area contributed by atoms with Crippen LogP contribution in [0.2, 0.25) is 0 Å². The standard InChI is InChI=1S/C32H37N3O3/c1-22(2)17-29(35(3)21-24-9-7-6-8-10-24)32(36)34-26-13-11-23(12-14-26)18-25-15-16-33-28-20-31(38-5)30(37-4)19-27(25)28/h6-16,19-20,22,29H,17-18,21H2,1-5H3,(H,34,36). The maximum atomic E-state index is 13.3. The number of pyridine rings is 1. The maximum absolute atomic E-state index is 13.3. The van der Waals surface area contributed by atoms with Crippen LogP contribution in [0.4, 0.5) is 5.69 Å². The van der Waals surface area contributed by atoms with Gasteiger partial charge < -0.3 is 14.8 Å². The van der Waals surface area contributed by atoms with Crippen molar-refractivity contribution in [3.63, 3.8) is 0 Å². The number of carbonyl (C=O) groups is 1. The van der Waals surface area contributed by atoms with Crippen LogP contribution in [0.1, 0.15) is 37.0 Å². The average molecular weight is 512 g/mol.